The Morgan fingerprint density at radius 2 is 1.85 bits per heavy atom. The second kappa shape index (κ2) is 9.09. The van der Waals surface area contributed by atoms with E-state index in [9.17, 15) is 14.7 Å². The number of benzene rings is 2. The Morgan fingerprint density at radius 1 is 1.11 bits per heavy atom. The standard InChI is InChI=1S/C21H23N3O3/c25-14-16(13-15-7-2-1-3-8-15)22-20(26)12-6-11-19-23-18-10-5-4-9-17(18)21(27)24-19/h1-5,7-10,16,25H,6,11-14H2,(H,22,26)(H,23,24,27)/t16-/m0/s1. The van der Waals surface area contributed by atoms with Crippen molar-refractivity contribution in [2.75, 3.05) is 6.61 Å². The first-order valence-corrected chi connectivity index (χ1v) is 9.08. The predicted octanol–water partition coefficient (Wildman–Crippen LogP) is 1.97. The predicted molar refractivity (Wildman–Crippen MR) is 104 cm³/mol. The van der Waals surface area contributed by atoms with Crippen LogP contribution in [0.1, 0.15) is 24.2 Å². The van der Waals surface area contributed by atoms with Crippen molar-refractivity contribution in [3.63, 3.8) is 0 Å². The number of aromatic amines is 1. The van der Waals surface area contributed by atoms with E-state index in [1.807, 2.05) is 36.4 Å². The zero-order valence-corrected chi connectivity index (χ0v) is 15.0. The van der Waals surface area contributed by atoms with Crippen LogP contribution in [-0.2, 0) is 17.6 Å². The van der Waals surface area contributed by atoms with E-state index in [1.54, 1.807) is 18.2 Å². The molecule has 1 aromatic heterocycles. The van der Waals surface area contributed by atoms with E-state index in [4.69, 9.17) is 0 Å². The van der Waals surface area contributed by atoms with Crippen LogP contribution in [0.3, 0.4) is 0 Å². The van der Waals surface area contributed by atoms with Gasteiger partial charge in [0, 0.05) is 12.8 Å². The van der Waals surface area contributed by atoms with E-state index in [0.29, 0.717) is 42.4 Å². The number of hydrogen-bond donors (Lipinski definition) is 3. The van der Waals surface area contributed by atoms with Gasteiger partial charge < -0.3 is 15.4 Å². The molecule has 27 heavy (non-hydrogen) atoms. The topological polar surface area (TPSA) is 95.1 Å². The number of aliphatic hydroxyl groups excluding tert-OH is 1. The maximum absolute atomic E-state index is 12.2. The highest BCUT2D eigenvalue weighted by Gasteiger charge is 2.12. The lowest BCUT2D eigenvalue weighted by molar-refractivity contribution is -0.122. The van der Waals surface area contributed by atoms with Gasteiger partial charge in [-0.3, -0.25) is 9.59 Å². The molecule has 1 heterocycles. The number of amides is 1. The van der Waals surface area contributed by atoms with Gasteiger partial charge in [0.2, 0.25) is 5.91 Å². The number of H-pyrrole nitrogens is 1. The molecule has 0 bridgehead atoms. The summed E-state index contributed by atoms with van der Waals surface area (Å²) < 4.78 is 0. The molecule has 0 aliphatic carbocycles. The molecule has 0 fully saturated rings. The second-order valence-corrected chi connectivity index (χ2v) is 6.52. The zero-order chi connectivity index (χ0) is 19.1. The molecule has 6 heteroatoms. The Morgan fingerprint density at radius 3 is 2.63 bits per heavy atom. The molecule has 140 valence electrons. The van der Waals surface area contributed by atoms with Crippen LogP contribution in [-0.4, -0.2) is 33.6 Å². The minimum absolute atomic E-state index is 0.111. The molecule has 3 N–H and O–H groups in total. The van der Waals surface area contributed by atoms with Crippen LogP contribution < -0.4 is 10.9 Å². The van der Waals surface area contributed by atoms with Gasteiger partial charge in [-0.2, -0.15) is 0 Å². The number of carbonyl (C=O) groups is 1. The third kappa shape index (κ3) is 5.24. The Balaban J connectivity index is 1.51. The maximum atomic E-state index is 12.2. The summed E-state index contributed by atoms with van der Waals surface area (Å²) in [5, 5.41) is 12.9. The highest BCUT2D eigenvalue weighted by molar-refractivity contribution is 5.77. The SMILES string of the molecule is O=C(CCCc1nc2ccccc2c(=O)[nH]1)N[C@H](CO)Cc1ccccc1. The lowest BCUT2D eigenvalue weighted by atomic mass is 10.1. The fourth-order valence-electron chi connectivity index (χ4n) is 3.03. The average Bonchev–Trinajstić information content (AvgIpc) is 2.68. The molecule has 0 saturated heterocycles. The van der Waals surface area contributed by atoms with Crippen molar-refractivity contribution in [1.82, 2.24) is 15.3 Å². The normalized spacial score (nSPS) is 12.0. The average molecular weight is 365 g/mol. The van der Waals surface area contributed by atoms with E-state index >= 15 is 0 Å². The van der Waals surface area contributed by atoms with Gasteiger partial charge in [0.25, 0.3) is 5.56 Å². The van der Waals surface area contributed by atoms with Gasteiger partial charge >= 0.3 is 0 Å². The van der Waals surface area contributed by atoms with Gasteiger partial charge in [-0.1, -0.05) is 42.5 Å². The summed E-state index contributed by atoms with van der Waals surface area (Å²) in [6.45, 7) is -0.111. The van der Waals surface area contributed by atoms with E-state index in [2.05, 4.69) is 15.3 Å². The first kappa shape index (κ1) is 18.8. The summed E-state index contributed by atoms with van der Waals surface area (Å²) in [6, 6.07) is 16.6. The minimum atomic E-state index is -0.307. The molecular weight excluding hydrogens is 342 g/mol. The molecular formula is C21H23N3O3. The highest BCUT2D eigenvalue weighted by atomic mass is 16.3. The monoisotopic (exact) mass is 365 g/mol. The molecule has 3 rings (SSSR count). The number of carbonyl (C=O) groups excluding carboxylic acids is 1. The van der Waals surface area contributed by atoms with Crippen LogP contribution in [0.5, 0.6) is 0 Å². The van der Waals surface area contributed by atoms with Gasteiger partial charge in [-0.05, 0) is 30.5 Å². The molecule has 0 unspecified atom stereocenters. The van der Waals surface area contributed by atoms with Crippen LogP contribution in [0, 0.1) is 0 Å². The smallest absolute Gasteiger partial charge is 0.258 e. The van der Waals surface area contributed by atoms with Crippen molar-refractivity contribution >= 4 is 16.8 Å². The fourth-order valence-corrected chi connectivity index (χ4v) is 3.03. The first-order chi connectivity index (χ1) is 13.2. The third-order valence-electron chi connectivity index (χ3n) is 4.39. The van der Waals surface area contributed by atoms with Crippen molar-refractivity contribution in [3.05, 3.63) is 76.3 Å². The van der Waals surface area contributed by atoms with Crippen molar-refractivity contribution < 1.29 is 9.90 Å². The number of aliphatic hydroxyl groups is 1. The molecule has 1 atom stereocenters. The molecule has 6 nitrogen and oxygen atoms in total. The Kier molecular flexibility index (Phi) is 6.33. The van der Waals surface area contributed by atoms with Gasteiger partial charge in [-0.15, -0.1) is 0 Å². The van der Waals surface area contributed by atoms with Gasteiger partial charge in [-0.25, -0.2) is 4.98 Å². The number of hydrogen-bond acceptors (Lipinski definition) is 4. The van der Waals surface area contributed by atoms with Crippen LogP contribution in [0.2, 0.25) is 0 Å². The number of aryl methyl sites for hydroxylation is 1. The molecule has 0 radical (unpaired) electrons. The van der Waals surface area contributed by atoms with E-state index in [1.165, 1.54) is 0 Å². The summed E-state index contributed by atoms with van der Waals surface area (Å²) >= 11 is 0. The molecule has 2 aromatic carbocycles. The van der Waals surface area contributed by atoms with Gasteiger partial charge in [0.05, 0.1) is 23.6 Å². The summed E-state index contributed by atoms with van der Waals surface area (Å²) in [5.74, 6) is 0.461. The Bertz CT molecular complexity index is 954. The number of aromatic nitrogens is 2. The van der Waals surface area contributed by atoms with Crippen LogP contribution in [0.25, 0.3) is 10.9 Å². The summed E-state index contributed by atoms with van der Waals surface area (Å²) in [5.41, 5.74) is 1.56. The fraction of sp³-hybridized carbons (Fsp3) is 0.286. The second-order valence-electron chi connectivity index (χ2n) is 6.52. The Hall–Kier alpha value is -2.99. The van der Waals surface area contributed by atoms with Crippen LogP contribution >= 0.6 is 0 Å². The quantitative estimate of drug-likeness (QED) is 0.569. The van der Waals surface area contributed by atoms with Crippen molar-refractivity contribution in [2.45, 2.75) is 31.7 Å². The third-order valence-corrected chi connectivity index (χ3v) is 4.39. The summed E-state index contributed by atoms with van der Waals surface area (Å²) in [4.78, 5) is 31.4. The summed E-state index contributed by atoms with van der Waals surface area (Å²) in [6.07, 6.45) is 1.97. The van der Waals surface area contributed by atoms with Gasteiger partial charge in [0.1, 0.15) is 5.82 Å². The number of nitrogens with zero attached hydrogens (tertiary/aromatic N) is 1. The molecule has 1 amide bonds. The van der Waals surface area contributed by atoms with E-state index in [-0.39, 0.29) is 24.1 Å². The number of para-hydroxylation sites is 1. The maximum Gasteiger partial charge on any atom is 0.258 e. The molecule has 0 aliphatic rings. The molecule has 3 aromatic rings. The zero-order valence-electron chi connectivity index (χ0n) is 15.0. The van der Waals surface area contributed by atoms with Gasteiger partial charge in [0.15, 0.2) is 0 Å². The lowest BCUT2D eigenvalue weighted by Crippen LogP contribution is -2.39. The van der Waals surface area contributed by atoms with Crippen molar-refractivity contribution in [3.8, 4) is 0 Å². The van der Waals surface area contributed by atoms with Crippen molar-refractivity contribution in [1.29, 1.82) is 0 Å². The largest absolute Gasteiger partial charge is 0.394 e. The first-order valence-electron chi connectivity index (χ1n) is 9.08. The van der Waals surface area contributed by atoms with E-state index < -0.39 is 0 Å². The molecule has 0 saturated carbocycles. The van der Waals surface area contributed by atoms with Crippen LogP contribution in [0.4, 0.5) is 0 Å². The number of rotatable bonds is 8. The van der Waals surface area contributed by atoms with Crippen molar-refractivity contribution in [2.24, 2.45) is 0 Å². The Labute approximate surface area is 157 Å². The highest BCUT2D eigenvalue weighted by Crippen LogP contribution is 2.08. The molecule has 0 spiro atoms. The molecule has 0 aliphatic heterocycles. The van der Waals surface area contributed by atoms with E-state index in [0.717, 1.165) is 5.56 Å². The number of fused-ring (bicyclic) bond motifs is 1. The lowest BCUT2D eigenvalue weighted by Gasteiger charge is -2.16. The van der Waals surface area contributed by atoms with Crippen LogP contribution in [0.15, 0.2) is 59.4 Å². The minimum Gasteiger partial charge on any atom is -0.394 e. The summed E-state index contributed by atoms with van der Waals surface area (Å²) in [7, 11) is 0. The number of nitrogens with one attached hydrogen (secondary N) is 2.